The number of nitrogens with two attached hydrogens (primary N) is 1. The van der Waals surface area contributed by atoms with Crippen LogP contribution in [0, 0.1) is 4.91 Å². The minimum Gasteiger partial charge on any atom is -0.465 e. The largest absolute Gasteiger partial charge is 0.465 e. The Bertz CT molecular complexity index is 418. The minimum atomic E-state index is -0.578. The molecule has 138 valence electrons. The summed E-state index contributed by atoms with van der Waals surface area (Å²) >= 11 is 0. The maximum atomic E-state index is 11.6. The average molecular weight is 346 g/mol. The van der Waals surface area contributed by atoms with Crippen LogP contribution in [0.2, 0.25) is 0 Å². The predicted molar refractivity (Wildman–Crippen MR) is 86.0 cm³/mol. The average Bonchev–Trinajstić information content (AvgIpc) is 2.49. The van der Waals surface area contributed by atoms with Crippen LogP contribution in [0.3, 0.4) is 0 Å². The Balaban J connectivity index is 4.62. The summed E-state index contributed by atoms with van der Waals surface area (Å²) < 4.78 is 9.71. The number of nitrogens with zero attached hydrogens (tertiary/aromatic N) is 3. The van der Waals surface area contributed by atoms with Gasteiger partial charge < -0.3 is 15.2 Å². The summed E-state index contributed by atoms with van der Waals surface area (Å²) in [6.45, 7) is 4.59. The fourth-order valence-corrected chi connectivity index (χ4v) is 1.95. The minimum absolute atomic E-state index is 0.00677. The molecule has 0 aromatic carbocycles. The topological polar surface area (TPSA) is 132 Å². The van der Waals surface area contributed by atoms with Crippen LogP contribution < -0.4 is 5.73 Å². The normalized spacial score (nSPS) is 10.7. The summed E-state index contributed by atoms with van der Waals surface area (Å²) in [6.07, 6.45) is 0. The maximum absolute atomic E-state index is 11.6. The molecule has 0 fully saturated rings. The van der Waals surface area contributed by atoms with Crippen LogP contribution in [0.15, 0.2) is 5.18 Å². The number of carbonyl (C=O) groups is 3. The van der Waals surface area contributed by atoms with Gasteiger partial charge in [0.05, 0.1) is 39.4 Å². The smallest absolute Gasteiger partial charge is 0.320 e. The van der Waals surface area contributed by atoms with Gasteiger partial charge in [0.15, 0.2) is 0 Å². The number of ether oxygens (including phenoxy) is 2. The molecule has 10 nitrogen and oxygen atoms in total. The third-order valence-electron chi connectivity index (χ3n) is 2.94. The highest BCUT2D eigenvalue weighted by molar-refractivity contribution is 5.77. The molecule has 0 aromatic rings. The van der Waals surface area contributed by atoms with Crippen LogP contribution >= 0.6 is 0 Å². The monoisotopic (exact) mass is 346 g/mol. The Morgan fingerprint density at radius 2 is 1.38 bits per heavy atom. The number of esters is 2. The lowest BCUT2D eigenvalue weighted by atomic mass is 10.3. The van der Waals surface area contributed by atoms with Gasteiger partial charge in [0.25, 0.3) is 0 Å². The van der Waals surface area contributed by atoms with E-state index in [-0.39, 0.29) is 45.9 Å². The summed E-state index contributed by atoms with van der Waals surface area (Å²) in [7, 11) is 0. The van der Waals surface area contributed by atoms with Crippen LogP contribution in [0.4, 0.5) is 0 Å². The van der Waals surface area contributed by atoms with Crippen molar-refractivity contribution in [2.75, 3.05) is 59.0 Å². The van der Waals surface area contributed by atoms with Crippen molar-refractivity contribution >= 4 is 17.8 Å². The number of nitroso groups, excluding NO2 is 1. The summed E-state index contributed by atoms with van der Waals surface area (Å²) in [6, 6.07) is 0. The van der Waals surface area contributed by atoms with Crippen molar-refractivity contribution < 1.29 is 23.9 Å². The number of hydrogen-bond acceptors (Lipinski definition) is 9. The second kappa shape index (κ2) is 13.4. The Kier molecular flexibility index (Phi) is 12.2. The fourth-order valence-electron chi connectivity index (χ4n) is 1.95. The van der Waals surface area contributed by atoms with Crippen molar-refractivity contribution in [1.82, 2.24) is 9.80 Å². The molecule has 0 saturated heterocycles. The molecule has 0 aliphatic heterocycles. The molecule has 0 rings (SSSR count). The van der Waals surface area contributed by atoms with E-state index in [0.717, 1.165) is 0 Å². The van der Waals surface area contributed by atoms with Crippen molar-refractivity contribution in [2.45, 2.75) is 13.8 Å². The number of hydrogen-bond donors (Lipinski definition) is 1. The fraction of sp³-hybridized carbons (Fsp3) is 0.786. The lowest BCUT2D eigenvalue weighted by Gasteiger charge is -2.25. The second-order valence-electron chi connectivity index (χ2n) is 4.92. The Hall–Kier alpha value is -2.07. The van der Waals surface area contributed by atoms with Crippen LogP contribution in [-0.2, 0) is 23.9 Å². The SMILES string of the molecule is CCOC(=O)CN(CCN=O)CCN(CC(N)=O)CC(=O)OCC. The Morgan fingerprint density at radius 3 is 1.83 bits per heavy atom. The first-order valence-corrected chi connectivity index (χ1v) is 7.76. The molecule has 0 spiro atoms. The number of amides is 1. The first-order valence-electron chi connectivity index (χ1n) is 7.76. The van der Waals surface area contributed by atoms with Gasteiger partial charge in [0.1, 0.15) is 0 Å². The molecule has 2 N–H and O–H groups in total. The molecule has 0 heterocycles. The zero-order chi connectivity index (χ0) is 18.4. The molecule has 0 atom stereocenters. The maximum Gasteiger partial charge on any atom is 0.320 e. The van der Waals surface area contributed by atoms with Crippen molar-refractivity contribution in [2.24, 2.45) is 10.9 Å². The van der Waals surface area contributed by atoms with Gasteiger partial charge in [-0.1, -0.05) is 5.18 Å². The van der Waals surface area contributed by atoms with E-state index >= 15 is 0 Å². The zero-order valence-electron chi connectivity index (χ0n) is 14.2. The highest BCUT2D eigenvalue weighted by atomic mass is 16.5. The molecule has 10 heteroatoms. The predicted octanol–water partition coefficient (Wildman–Crippen LogP) is -1.03. The zero-order valence-corrected chi connectivity index (χ0v) is 14.2. The van der Waals surface area contributed by atoms with E-state index in [1.807, 2.05) is 0 Å². The summed E-state index contributed by atoms with van der Waals surface area (Å²) in [5, 5.41) is 2.77. The van der Waals surface area contributed by atoms with Gasteiger partial charge in [-0.25, -0.2) is 0 Å². The van der Waals surface area contributed by atoms with Crippen molar-refractivity contribution in [1.29, 1.82) is 0 Å². The quantitative estimate of drug-likeness (QED) is 0.312. The Morgan fingerprint density at radius 1 is 0.875 bits per heavy atom. The summed E-state index contributed by atoms with van der Waals surface area (Å²) in [5.41, 5.74) is 5.17. The molecule has 0 unspecified atom stereocenters. The lowest BCUT2D eigenvalue weighted by Crippen LogP contribution is -2.44. The third kappa shape index (κ3) is 11.5. The molecule has 0 bridgehead atoms. The van der Waals surface area contributed by atoms with Gasteiger partial charge in [-0.3, -0.25) is 24.2 Å². The van der Waals surface area contributed by atoms with E-state index in [1.54, 1.807) is 18.7 Å². The van der Waals surface area contributed by atoms with Gasteiger partial charge in [-0.2, -0.15) is 4.91 Å². The first-order chi connectivity index (χ1) is 11.4. The summed E-state index contributed by atoms with van der Waals surface area (Å²) in [5.74, 6) is -1.47. The van der Waals surface area contributed by atoms with Gasteiger partial charge in [-0.15, -0.1) is 0 Å². The molecule has 24 heavy (non-hydrogen) atoms. The van der Waals surface area contributed by atoms with Crippen molar-refractivity contribution in [3.8, 4) is 0 Å². The Labute approximate surface area is 141 Å². The molecular formula is C14H26N4O6. The highest BCUT2D eigenvalue weighted by Gasteiger charge is 2.17. The number of carbonyl (C=O) groups excluding carboxylic acids is 3. The van der Waals surface area contributed by atoms with Crippen LogP contribution in [0.1, 0.15) is 13.8 Å². The van der Waals surface area contributed by atoms with Crippen LogP contribution in [0.25, 0.3) is 0 Å². The summed E-state index contributed by atoms with van der Waals surface area (Å²) in [4.78, 5) is 47.7. The van der Waals surface area contributed by atoms with E-state index in [1.165, 1.54) is 4.90 Å². The molecule has 0 radical (unpaired) electrons. The first kappa shape index (κ1) is 21.9. The van der Waals surface area contributed by atoms with Crippen LogP contribution in [-0.4, -0.2) is 86.7 Å². The van der Waals surface area contributed by atoms with E-state index in [4.69, 9.17) is 15.2 Å². The molecule has 1 amide bonds. The van der Waals surface area contributed by atoms with E-state index in [9.17, 15) is 19.3 Å². The van der Waals surface area contributed by atoms with Crippen molar-refractivity contribution in [3.63, 3.8) is 0 Å². The molecule has 0 saturated carbocycles. The molecular weight excluding hydrogens is 320 g/mol. The highest BCUT2D eigenvalue weighted by Crippen LogP contribution is 1.96. The van der Waals surface area contributed by atoms with Crippen LogP contribution in [0.5, 0.6) is 0 Å². The standard InChI is InChI=1S/C14H26N4O6/c1-3-23-13(20)10-17(6-5-16-22)7-8-18(9-12(15)19)11-14(21)24-4-2/h3-11H2,1-2H3,(H2,15,19). The van der Waals surface area contributed by atoms with Gasteiger partial charge in [-0.05, 0) is 13.8 Å². The molecule has 0 aliphatic rings. The van der Waals surface area contributed by atoms with E-state index < -0.39 is 17.8 Å². The van der Waals surface area contributed by atoms with E-state index in [2.05, 4.69) is 5.18 Å². The van der Waals surface area contributed by atoms with Crippen molar-refractivity contribution in [3.05, 3.63) is 4.91 Å². The van der Waals surface area contributed by atoms with Gasteiger partial charge in [0, 0.05) is 19.6 Å². The molecule has 0 aliphatic carbocycles. The molecule has 0 aromatic heterocycles. The third-order valence-corrected chi connectivity index (χ3v) is 2.94. The van der Waals surface area contributed by atoms with E-state index in [0.29, 0.717) is 13.1 Å². The number of rotatable bonds is 14. The van der Waals surface area contributed by atoms with Gasteiger partial charge >= 0.3 is 11.9 Å². The van der Waals surface area contributed by atoms with Gasteiger partial charge in [0.2, 0.25) is 5.91 Å². The second-order valence-corrected chi connectivity index (χ2v) is 4.92. The lowest BCUT2D eigenvalue weighted by molar-refractivity contribution is -0.146. The number of primary amides is 1.